The Kier molecular flexibility index (Phi) is 4.92. The molecule has 1 aliphatic rings. The van der Waals surface area contributed by atoms with Gasteiger partial charge < -0.3 is 15.1 Å². The number of nitrogens with one attached hydrogen (secondary N) is 1. The van der Waals surface area contributed by atoms with Crippen molar-refractivity contribution in [3.05, 3.63) is 58.0 Å². The van der Waals surface area contributed by atoms with E-state index in [0.717, 1.165) is 16.8 Å². The third kappa shape index (κ3) is 3.78. The molecule has 8 nitrogen and oxygen atoms in total. The lowest BCUT2D eigenvalue weighted by atomic mass is 10.1. The molecule has 8 heteroatoms. The molecule has 1 aromatic carbocycles. The molecule has 3 aromatic rings. The molecule has 2 aromatic heterocycles. The van der Waals surface area contributed by atoms with E-state index in [9.17, 15) is 9.59 Å². The van der Waals surface area contributed by atoms with Gasteiger partial charge in [-0.3, -0.25) is 9.36 Å². The summed E-state index contributed by atoms with van der Waals surface area (Å²) in [6.07, 6.45) is 1.65. The van der Waals surface area contributed by atoms with Gasteiger partial charge in [-0.2, -0.15) is 0 Å². The van der Waals surface area contributed by atoms with Gasteiger partial charge in [0.1, 0.15) is 5.52 Å². The summed E-state index contributed by atoms with van der Waals surface area (Å²) >= 11 is 0. The molecule has 0 aliphatic carbocycles. The fourth-order valence-corrected chi connectivity index (χ4v) is 3.72. The van der Waals surface area contributed by atoms with Crippen LogP contribution in [0.3, 0.4) is 0 Å². The first-order valence-corrected chi connectivity index (χ1v) is 9.63. The minimum Gasteiger partial charge on any atom is -0.348 e. The number of nitrogens with zero attached hydrogens (tertiary/aromatic N) is 5. The number of amides is 2. The summed E-state index contributed by atoms with van der Waals surface area (Å²) in [6.45, 7) is 6.16. The van der Waals surface area contributed by atoms with Gasteiger partial charge in [0.25, 0.3) is 5.56 Å². The van der Waals surface area contributed by atoms with Crippen LogP contribution in [-0.2, 0) is 7.05 Å². The second kappa shape index (κ2) is 7.54. The number of anilines is 2. The Hall–Kier alpha value is -3.42. The fourth-order valence-electron chi connectivity index (χ4n) is 3.72. The Bertz CT molecular complexity index is 1110. The van der Waals surface area contributed by atoms with Crippen LogP contribution >= 0.6 is 0 Å². The van der Waals surface area contributed by atoms with Gasteiger partial charge in [0, 0.05) is 45.1 Å². The van der Waals surface area contributed by atoms with E-state index in [1.54, 1.807) is 24.2 Å². The largest absolute Gasteiger partial charge is 0.348 e. The van der Waals surface area contributed by atoms with E-state index >= 15 is 0 Å². The summed E-state index contributed by atoms with van der Waals surface area (Å²) in [6, 6.07) is 9.51. The molecule has 1 aliphatic heterocycles. The first kappa shape index (κ1) is 18.9. The highest BCUT2D eigenvalue weighted by Gasteiger charge is 2.24. The van der Waals surface area contributed by atoms with Crippen molar-refractivity contribution < 1.29 is 4.79 Å². The van der Waals surface area contributed by atoms with E-state index in [1.807, 2.05) is 36.9 Å². The van der Waals surface area contributed by atoms with Gasteiger partial charge in [-0.25, -0.2) is 14.8 Å². The van der Waals surface area contributed by atoms with Gasteiger partial charge >= 0.3 is 6.03 Å². The van der Waals surface area contributed by atoms with Gasteiger partial charge in [-0.15, -0.1) is 0 Å². The summed E-state index contributed by atoms with van der Waals surface area (Å²) < 4.78 is 1.52. The van der Waals surface area contributed by atoms with Crippen molar-refractivity contribution in [1.29, 1.82) is 0 Å². The highest BCUT2D eigenvalue weighted by Crippen LogP contribution is 2.17. The number of hydrogen-bond acceptors (Lipinski definition) is 5. The van der Waals surface area contributed by atoms with Crippen LogP contribution in [0.25, 0.3) is 11.2 Å². The number of aromatic nitrogens is 3. The molecule has 4 rings (SSSR count). The van der Waals surface area contributed by atoms with Crippen molar-refractivity contribution >= 4 is 28.7 Å². The number of fused-ring (bicyclic) bond motifs is 1. The normalized spacial score (nSPS) is 14.3. The second-order valence-corrected chi connectivity index (χ2v) is 7.43. The molecule has 0 saturated carbocycles. The molecule has 3 heterocycles. The Morgan fingerprint density at radius 2 is 1.76 bits per heavy atom. The molecule has 1 fully saturated rings. The topological polar surface area (TPSA) is 83.4 Å². The van der Waals surface area contributed by atoms with Crippen molar-refractivity contribution in [2.24, 2.45) is 7.05 Å². The molecule has 29 heavy (non-hydrogen) atoms. The van der Waals surface area contributed by atoms with E-state index in [4.69, 9.17) is 0 Å². The van der Waals surface area contributed by atoms with Crippen molar-refractivity contribution in [3.63, 3.8) is 0 Å². The van der Waals surface area contributed by atoms with E-state index < -0.39 is 0 Å². The predicted molar refractivity (Wildman–Crippen MR) is 113 cm³/mol. The van der Waals surface area contributed by atoms with Crippen LogP contribution in [0.5, 0.6) is 0 Å². The van der Waals surface area contributed by atoms with E-state index in [1.165, 1.54) is 4.57 Å². The summed E-state index contributed by atoms with van der Waals surface area (Å²) in [5.41, 5.74) is 4.08. The third-order valence-electron chi connectivity index (χ3n) is 5.15. The van der Waals surface area contributed by atoms with E-state index in [0.29, 0.717) is 43.2 Å². The minimum absolute atomic E-state index is 0.127. The molecule has 1 N–H and O–H groups in total. The number of benzene rings is 1. The number of carbonyl (C=O) groups is 1. The fraction of sp³-hybridized carbons (Fsp3) is 0.333. The lowest BCUT2D eigenvalue weighted by molar-refractivity contribution is 0.208. The Morgan fingerprint density at radius 1 is 1.07 bits per heavy atom. The lowest BCUT2D eigenvalue weighted by Crippen LogP contribution is -2.51. The molecule has 1 saturated heterocycles. The highest BCUT2D eigenvalue weighted by molar-refractivity contribution is 5.89. The van der Waals surface area contributed by atoms with Crippen LogP contribution in [-0.4, -0.2) is 51.6 Å². The van der Waals surface area contributed by atoms with Crippen molar-refractivity contribution in [3.8, 4) is 0 Å². The zero-order valence-electron chi connectivity index (χ0n) is 16.8. The van der Waals surface area contributed by atoms with Crippen LogP contribution in [0.15, 0.2) is 41.3 Å². The lowest BCUT2D eigenvalue weighted by Gasteiger charge is -2.35. The van der Waals surface area contributed by atoms with E-state index in [2.05, 4.69) is 21.4 Å². The first-order chi connectivity index (χ1) is 13.9. The molecular formula is C21H24N6O2. The third-order valence-corrected chi connectivity index (χ3v) is 5.15. The van der Waals surface area contributed by atoms with E-state index in [-0.39, 0.29) is 11.6 Å². The number of aryl methyl sites for hydroxylation is 3. The Balaban J connectivity index is 1.47. The predicted octanol–water partition coefficient (Wildman–Crippen LogP) is 2.30. The zero-order chi connectivity index (χ0) is 20.5. The summed E-state index contributed by atoms with van der Waals surface area (Å²) in [5, 5.41) is 2.97. The zero-order valence-corrected chi connectivity index (χ0v) is 16.8. The first-order valence-electron chi connectivity index (χ1n) is 9.63. The van der Waals surface area contributed by atoms with Crippen LogP contribution in [0.4, 0.5) is 16.3 Å². The molecule has 150 valence electrons. The van der Waals surface area contributed by atoms with Crippen LogP contribution < -0.4 is 15.8 Å². The molecule has 2 amide bonds. The second-order valence-electron chi connectivity index (χ2n) is 7.43. The quantitative estimate of drug-likeness (QED) is 0.724. The summed E-state index contributed by atoms with van der Waals surface area (Å²) in [4.78, 5) is 37.8. The van der Waals surface area contributed by atoms with Gasteiger partial charge in [0.05, 0.1) is 0 Å². The number of carbonyl (C=O) groups excluding carboxylic acids is 1. The molecule has 0 unspecified atom stereocenters. The number of hydrogen-bond donors (Lipinski definition) is 1. The van der Waals surface area contributed by atoms with Gasteiger partial charge in [0.15, 0.2) is 11.5 Å². The SMILES string of the molecule is Cc1cc(C)cc(NC(=O)N2CCN(c3nc4cccnc4n(C)c3=O)CC2)c1. The maximum absolute atomic E-state index is 12.7. The maximum Gasteiger partial charge on any atom is 0.321 e. The highest BCUT2D eigenvalue weighted by atomic mass is 16.2. The van der Waals surface area contributed by atoms with Crippen molar-refractivity contribution in [2.75, 3.05) is 36.4 Å². The minimum atomic E-state index is -0.177. The number of pyridine rings is 1. The van der Waals surface area contributed by atoms with Crippen molar-refractivity contribution in [1.82, 2.24) is 19.4 Å². The number of piperazine rings is 1. The number of urea groups is 1. The monoisotopic (exact) mass is 392 g/mol. The van der Waals surface area contributed by atoms with Crippen molar-refractivity contribution in [2.45, 2.75) is 13.8 Å². The molecule has 0 radical (unpaired) electrons. The Labute approximate surface area is 168 Å². The molecule has 0 atom stereocenters. The standard InChI is InChI=1S/C21H24N6O2/c1-14-11-15(2)13-16(12-14)23-21(29)27-9-7-26(8-10-27)19-20(28)25(3)18-17(24-19)5-4-6-22-18/h4-6,11-13H,7-10H2,1-3H3,(H,23,29). The maximum atomic E-state index is 12.7. The molecule has 0 bridgehead atoms. The van der Waals surface area contributed by atoms with Crippen LogP contribution in [0.2, 0.25) is 0 Å². The van der Waals surface area contributed by atoms with Gasteiger partial charge in [-0.05, 0) is 49.2 Å². The van der Waals surface area contributed by atoms with Crippen LogP contribution in [0, 0.1) is 13.8 Å². The average molecular weight is 392 g/mol. The molecular weight excluding hydrogens is 368 g/mol. The van der Waals surface area contributed by atoms with Gasteiger partial charge in [-0.1, -0.05) is 6.07 Å². The Morgan fingerprint density at radius 3 is 2.45 bits per heavy atom. The smallest absolute Gasteiger partial charge is 0.321 e. The average Bonchev–Trinajstić information content (AvgIpc) is 2.70. The summed E-state index contributed by atoms with van der Waals surface area (Å²) in [5.74, 6) is 0.405. The molecule has 0 spiro atoms. The van der Waals surface area contributed by atoms with Crippen LogP contribution in [0.1, 0.15) is 11.1 Å². The van der Waals surface area contributed by atoms with Gasteiger partial charge in [0.2, 0.25) is 0 Å². The number of rotatable bonds is 2. The summed E-state index contributed by atoms with van der Waals surface area (Å²) in [7, 11) is 1.70.